The van der Waals surface area contributed by atoms with Gasteiger partial charge in [0, 0.05) is 36.6 Å². The van der Waals surface area contributed by atoms with Gasteiger partial charge in [-0.15, -0.1) is 0 Å². The minimum Gasteiger partial charge on any atom is -0.465 e. The number of nitrogens with one attached hydrogen (secondary N) is 2. The van der Waals surface area contributed by atoms with Gasteiger partial charge < -0.3 is 30.6 Å². The molecule has 4 N–H and O–H groups in total. The monoisotopic (exact) mass is 692 g/mol. The quantitative estimate of drug-likeness (QED) is 0.137. The van der Waals surface area contributed by atoms with Crippen molar-refractivity contribution in [3.05, 3.63) is 120 Å². The summed E-state index contributed by atoms with van der Waals surface area (Å²) in [4.78, 5) is 52.2. The Morgan fingerprint density at radius 1 is 0.863 bits per heavy atom. The number of urea groups is 1. The molecule has 1 aliphatic rings. The summed E-state index contributed by atoms with van der Waals surface area (Å²) in [6.07, 6.45) is 0.0999. The lowest BCUT2D eigenvalue weighted by molar-refractivity contribution is -0.130. The number of amides is 4. The van der Waals surface area contributed by atoms with Gasteiger partial charge in [-0.05, 0) is 67.0 Å². The second-order valence-corrected chi connectivity index (χ2v) is 14.3. The zero-order valence-electron chi connectivity index (χ0n) is 29.7. The van der Waals surface area contributed by atoms with Crippen LogP contribution in [0.5, 0.6) is 0 Å². The van der Waals surface area contributed by atoms with Gasteiger partial charge in [-0.1, -0.05) is 87.5 Å². The number of benzene rings is 2. The first-order valence-electron chi connectivity index (χ1n) is 17.4. The van der Waals surface area contributed by atoms with E-state index in [-0.39, 0.29) is 18.4 Å². The zero-order valence-corrected chi connectivity index (χ0v) is 29.7. The maximum atomic E-state index is 14.3. The molecule has 5 rings (SSSR count). The van der Waals surface area contributed by atoms with Crippen LogP contribution in [-0.2, 0) is 24.2 Å². The van der Waals surface area contributed by atoms with Gasteiger partial charge in [-0.2, -0.15) is 0 Å². The predicted octanol–water partition coefficient (Wildman–Crippen LogP) is 5.46. The van der Waals surface area contributed by atoms with Crippen LogP contribution in [-0.4, -0.2) is 85.3 Å². The molecule has 11 heteroatoms. The molecule has 4 aromatic rings. The average Bonchev–Trinajstić information content (AvgIpc) is 3.43. The van der Waals surface area contributed by atoms with Crippen LogP contribution in [0.1, 0.15) is 49.7 Å². The highest BCUT2D eigenvalue weighted by molar-refractivity contribution is 5.89. The number of pyridine rings is 2. The van der Waals surface area contributed by atoms with Crippen LogP contribution in [0.15, 0.2) is 97.2 Å². The smallest absolute Gasteiger partial charge is 0.404 e. The molecule has 1 saturated heterocycles. The van der Waals surface area contributed by atoms with E-state index in [0.717, 1.165) is 33.8 Å². The molecule has 268 valence electrons. The Kier molecular flexibility index (Phi) is 12.0. The number of aliphatic hydroxyl groups is 1. The van der Waals surface area contributed by atoms with E-state index in [0.29, 0.717) is 32.5 Å². The fourth-order valence-corrected chi connectivity index (χ4v) is 6.74. The highest BCUT2D eigenvalue weighted by atomic mass is 16.4. The Balaban J connectivity index is 1.33. The third kappa shape index (κ3) is 10.1. The van der Waals surface area contributed by atoms with E-state index in [2.05, 4.69) is 20.6 Å². The number of hydrogen-bond acceptors (Lipinski definition) is 6. The van der Waals surface area contributed by atoms with Crippen molar-refractivity contribution in [3.63, 3.8) is 0 Å². The molecule has 0 bridgehead atoms. The second kappa shape index (κ2) is 16.6. The molecule has 2 aromatic heterocycles. The van der Waals surface area contributed by atoms with Crippen molar-refractivity contribution in [2.24, 2.45) is 5.41 Å². The second-order valence-electron chi connectivity index (χ2n) is 14.3. The number of rotatable bonds is 14. The van der Waals surface area contributed by atoms with E-state index in [9.17, 15) is 24.6 Å². The summed E-state index contributed by atoms with van der Waals surface area (Å²) in [6.45, 7) is 8.83. The minimum atomic E-state index is -1.20. The predicted molar refractivity (Wildman–Crippen MR) is 196 cm³/mol. The Labute approximate surface area is 299 Å². The number of carboxylic acid groups (broad SMARTS) is 1. The van der Waals surface area contributed by atoms with Gasteiger partial charge in [-0.3, -0.25) is 14.8 Å². The number of aliphatic hydroxyl groups excluding tert-OH is 1. The van der Waals surface area contributed by atoms with Crippen molar-refractivity contribution < 1.29 is 24.6 Å². The van der Waals surface area contributed by atoms with Crippen LogP contribution in [0, 0.1) is 12.3 Å². The molecule has 0 aliphatic carbocycles. The molecule has 3 heterocycles. The summed E-state index contributed by atoms with van der Waals surface area (Å²) < 4.78 is 0. The van der Waals surface area contributed by atoms with Gasteiger partial charge >= 0.3 is 12.1 Å². The van der Waals surface area contributed by atoms with Crippen molar-refractivity contribution in [1.29, 1.82) is 0 Å². The standard InChI is InChI=1S/C40H48N6O5/c1-27-11-10-14-31(42-27)26-45-21-22-46(39(45)51)36(40(2,3)4)37(48)44-34(24-28-12-6-5-7-13-28)35(47)25-32(43-38(49)50)23-29-16-18-30(19-17-29)33-15-8-9-20-41-33/h5-20,32,34-36,43,47H,21-26H2,1-4H3,(H,44,48)(H,49,50)/t32?,34-,35-,36+/m0/s1. The summed E-state index contributed by atoms with van der Waals surface area (Å²) in [5.74, 6) is -0.376. The van der Waals surface area contributed by atoms with Crippen molar-refractivity contribution in [2.75, 3.05) is 13.1 Å². The van der Waals surface area contributed by atoms with E-state index in [4.69, 9.17) is 0 Å². The van der Waals surface area contributed by atoms with Gasteiger partial charge in [0.1, 0.15) is 6.04 Å². The summed E-state index contributed by atoms with van der Waals surface area (Å²) in [6, 6.07) is 26.2. The Morgan fingerprint density at radius 3 is 2.22 bits per heavy atom. The lowest BCUT2D eigenvalue weighted by Gasteiger charge is -2.38. The van der Waals surface area contributed by atoms with Crippen LogP contribution in [0.4, 0.5) is 9.59 Å². The Morgan fingerprint density at radius 2 is 1.57 bits per heavy atom. The van der Waals surface area contributed by atoms with Gasteiger partial charge in [0.05, 0.1) is 30.1 Å². The SMILES string of the molecule is Cc1cccc(CN2CCN([C@H](C(=O)N[C@@H](Cc3ccccc3)[C@@H](O)CC(Cc3ccc(-c4ccccn4)cc3)NC(=O)O)C(C)(C)C)C2=O)n1. The van der Waals surface area contributed by atoms with Crippen LogP contribution >= 0.6 is 0 Å². The highest BCUT2D eigenvalue weighted by Gasteiger charge is 2.44. The first-order chi connectivity index (χ1) is 24.4. The third-order valence-electron chi connectivity index (χ3n) is 9.15. The van der Waals surface area contributed by atoms with E-state index >= 15 is 0 Å². The fourth-order valence-electron chi connectivity index (χ4n) is 6.74. The highest BCUT2D eigenvalue weighted by Crippen LogP contribution is 2.29. The molecule has 0 saturated carbocycles. The van der Waals surface area contributed by atoms with Gasteiger partial charge in [0.15, 0.2) is 0 Å². The zero-order chi connectivity index (χ0) is 36.5. The molecular formula is C40H48N6O5. The summed E-state index contributed by atoms with van der Waals surface area (Å²) in [7, 11) is 0. The van der Waals surface area contributed by atoms with Crippen molar-refractivity contribution in [3.8, 4) is 11.3 Å². The van der Waals surface area contributed by atoms with Crippen LogP contribution < -0.4 is 10.6 Å². The molecule has 0 spiro atoms. The van der Waals surface area contributed by atoms with Crippen molar-refractivity contribution in [2.45, 2.75) is 77.7 Å². The number of nitrogens with zero attached hydrogens (tertiary/aromatic N) is 4. The largest absolute Gasteiger partial charge is 0.465 e. The first-order valence-corrected chi connectivity index (χ1v) is 17.4. The number of hydrogen-bond donors (Lipinski definition) is 4. The lowest BCUT2D eigenvalue weighted by atomic mass is 9.84. The van der Waals surface area contributed by atoms with Gasteiger partial charge in [-0.25, -0.2) is 9.59 Å². The minimum absolute atomic E-state index is 0.0478. The molecule has 4 atom stereocenters. The number of carbonyl (C=O) groups excluding carboxylic acids is 2. The molecule has 51 heavy (non-hydrogen) atoms. The molecule has 1 aliphatic heterocycles. The molecule has 2 aromatic carbocycles. The van der Waals surface area contributed by atoms with E-state index in [1.807, 2.05) is 119 Å². The Hall–Kier alpha value is -5.29. The number of aromatic nitrogens is 2. The lowest BCUT2D eigenvalue weighted by Crippen LogP contribution is -2.58. The number of carbonyl (C=O) groups is 3. The third-order valence-corrected chi connectivity index (χ3v) is 9.15. The molecule has 11 nitrogen and oxygen atoms in total. The van der Waals surface area contributed by atoms with Crippen LogP contribution in [0.2, 0.25) is 0 Å². The van der Waals surface area contributed by atoms with E-state index < -0.39 is 35.7 Å². The van der Waals surface area contributed by atoms with Gasteiger partial charge in [0.25, 0.3) is 0 Å². The molecule has 4 amide bonds. The molecular weight excluding hydrogens is 644 g/mol. The Bertz CT molecular complexity index is 1760. The van der Waals surface area contributed by atoms with E-state index in [1.54, 1.807) is 16.0 Å². The average molecular weight is 693 g/mol. The normalized spacial score (nSPS) is 15.6. The van der Waals surface area contributed by atoms with Gasteiger partial charge in [0.2, 0.25) is 5.91 Å². The fraction of sp³-hybridized carbons (Fsp3) is 0.375. The topological polar surface area (TPSA) is 148 Å². The first kappa shape index (κ1) is 37.0. The van der Waals surface area contributed by atoms with Crippen LogP contribution in [0.25, 0.3) is 11.3 Å². The molecule has 1 unspecified atom stereocenters. The van der Waals surface area contributed by atoms with E-state index in [1.165, 1.54) is 0 Å². The summed E-state index contributed by atoms with van der Waals surface area (Å²) in [5.41, 5.74) is 4.57. The maximum absolute atomic E-state index is 14.3. The van der Waals surface area contributed by atoms with Crippen LogP contribution in [0.3, 0.4) is 0 Å². The molecule has 0 radical (unpaired) electrons. The van der Waals surface area contributed by atoms with Crippen molar-refractivity contribution in [1.82, 2.24) is 30.4 Å². The summed E-state index contributed by atoms with van der Waals surface area (Å²) in [5, 5.41) is 27.1. The summed E-state index contributed by atoms with van der Waals surface area (Å²) >= 11 is 0. The van der Waals surface area contributed by atoms with Crippen molar-refractivity contribution >= 4 is 18.0 Å². The maximum Gasteiger partial charge on any atom is 0.404 e. The molecule has 1 fully saturated rings. The number of aryl methyl sites for hydroxylation is 1.